The van der Waals surface area contributed by atoms with Crippen molar-refractivity contribution < 1.29 is 0 Å². The van der Waals surface area contributed by atoms with Gasteiger partial charge in [-0.1, -0.05) is 38.1 Å². The van der Waals surface area contributed by atoms with Crippen LogP contribution in [0.5, 0.6) is 0 Å². The third kappa shape index (κ3) is 2.91. The summed E-state index contributed by atoms with van der Waals surface area (Å²) in [7, 11) is 0. The Morgan fingerprint density at radius 1 is 1.15 bits per heavy atom. The lowest BCUT2D eigenvalue weighted by Gasteiger charge is -2.41. The van der Waals surface area contributed by atoms with E-state index in [-0.39, 0.29) is 0 Å². The molecule has 2 nitrogen and oxygen atoms in total. The first-order chi connectivity index (χ1) is 9.83. The smallest absolute Gasteiger partial charge is 0.0480 e. The van der Waals surface area contributed by atoms with Crippen molar-refractivity contribution in [3.05, 3.63) is 35.4 Å². The number of nitrogens with one attached hydrogen (secondary N) is 1. The van der Waals surface area contributed by atoms with Crippen LogP contribution >= 0.6 is 0 Å². The van der Waals surface area contributed by atoms with Crippen molar-refractivity contribution in [2.75, 3.05) is 19.6 Å². The summed E-state index contributed by atoms with van der Waals surface area (Å²) in [6.07, 6.45) is 5.44. The van der Waals surface area contributed by atoms with Crippen molar-refractivity contribution in [1.29, 1.82) is 0 Å². The fraction of sp³-hybridized carbons (Fsp3) is 0.667. The minimum absolute atomic E-state index is 0.517. The number of hydrogen-bond donors (Lipinski definition) is 1. The molecule has 0 saturated heterocycles. The summed E-state index contributed by atoms with van der Waals surface area (Å²) in [6, 6.07) is 10.2. The first kappa shape index (κ1) is 14.1. The monoisotopic (exact) mass is 272 g/mol. The highest BCUT2D eigenvalue weighted by molar-refractivity contribution is 5.34. The van der Waals surface area contributed by atoms with Crippen molar-refractivity contribution >= 4 is 0 Å². The molecule has 0 bridgehead atoms. The van der Waals surface area contributed by atoms with Gasteiger partial charge < -0.3 is 5.32 Å². The van der Waals surface area contributed by atoms with Gasteiger partial charge in [-0.3, -0.25) is 4.90 Å². The van der Waals surface area contributed by atoms with E-state index in [1.165, 1.54) is 38.8 Å². The van der Waals surface area contributed by atoms with E-state index < -0.39 is 0 Å². The van der Waals surface area contributed by atoms with E-state index in [4.69, 9.17) is 0 Å². The minimum Gasteiger partial charge on any atom is -0.309 e. The van der Waals surface area contributed by atoms with Crippen LogP contribution in [-0.4, -0.2) is 30.6 Å². The van der Waals surface area contributed by atoms with Crippen molar-refractivity contribution in [3.63, 3.8) is 0 Å². The standard InChI is InChI=1S/C18H28N2/c1-3-19-18-16-8-6-5-7-15(16)11-12-17(18)20(4-2)13-14-9-10-14/h5-8,14,17-19H,3-4,9-13H2,1-2H3. The maximum Gasteiger partial charge on any atom is 0.0480 e. The van der Waals surface area contributed by atoms with Crippen molar-refractivity contribution in [3.8, 4) is 0 Å². The molecule has 0 radical (unpaired) electrons. The predicted octanol–water partition coefficient (Wildman–Crippen LogP) is 3.38. The van der Waals surface area contributed by atoms with Gasteiger partial charge in [0.2, 0.25) is 0 Å². The van der Waals surface area contributed by atoms with Gasteiger partial charge in [0.25, 0.3) is 0 Å². The summed E-state index contributed by atoms with van der Waals surface area (Å²) in [5.41, 5.74) is 3.09. The predicted molar refractivity (Wildman–Crippen MR) is 84.9 cm³/mol. The molecule has 2 heteroatoms. The third-order valence-electron chi connectivity index (χ3n) is 4.97. The van der Waals surface area contributed by atoms with Crippen LogP contribution in [0.15, 0.2) is 24.3 Å². The Hall–Kier alpha value is -0.860. The van der Waals surface area contributed by atoms with Gasteiger partial charge in [0, 0.05) is 18.6 Å². The van der Waals surface area contributed by atoms with Gasteiger partial charge >= 0.3 is 0 Å². The largest absolute Gasteiger partial charge is 0.309 e. The van der Waals surface area contributed by atoms with Gasteiger partial charge in [-0.2, -0.15) is 0 Å². The van der Waals surface area contributed by atoms with E-state index in [1.807, 2.05) is 0 Å². The number of likely N-dealkylation sites (N-methyl/N-ethyl adjacent to an activating group) is 2. The van der Waals surface area contributed by atoms with Gasteiger partial charge in [0.1, 0.15) is 0 Å². The molecule has 0 spiro atoms. The molecular weight excluding hydrogens is 244 g/mol. The zero-order valence-electron chi connectivity index (χ0n) is 12.9. The highest BCUT2D eigenvalue weighted by Gasteiger charge is 2.34. The molecule has 20 heavy (non-hydrogen) atoms. The van der Waals surface area contributed by atoms with Gasteiger partial charge in [0.15, 0.2) is 0 Å². The first-order valence-corrected chi connectivity index (χ1v) is 8.38. The van der Waals surface area contributed by atoms with Crippen LogP contribution in [0.4, 0.5) is 0 Å². The van der Waals surface area contributed by atoms with Crippen LogP contribution < -0.4 is 5.32 Å². The van der Waals surface area contributed by atoms with Crippen LogP contribution in [0.1, 0.15) is 50.3 Å². The Kier molecular flexibility index (Phi) is 4.42. The fourth-order valence-electron chi connectivity index (χ4n) is 3.73. The molecule has 0 heterocycles. The van der Waals surface area contributed by atoms with E-state index in [0.29, 0.717) is 12.1 Å². The molecule has 0 amide bonds. The number of hydrogen-bond acceptors (Lipinski definition) is 2. The normalized spacial score (nSPS) is 25.8. The van der Waals surface area contributed by atoms with E-state index in [1.54, 1.807) is 11.1 Å². The van der Waals surface area contributed by atoms with Gasteiger partial charge in [0.05, 0.1) is 0 Å². The van der Waals surface area contributed by atoms with Crippen LogP contribution in [0.2, 0.25) is 0 Å². The number of nitrogens with zero attached hydrogens (tertiary/aromatic N) is 1. The molecule has 2 atom stereocenters. The Morgan fingerprint density at radius 2 is 1.95 bits per heavy atom. The number of rotatable bonds is 6. The lowest BCUT2D eigenvalue weighted by Crippen LogP contribution is -2.48. The molecule has 1 fully saturated rings. The van der Waals surface area contributed by atoms with Crippen LogP contribution in [0, 0.1) is 5.92 Å². The topological polar surface area (TPSA) is 15.3 Å². The fourth-order valence-corrected chi connectivity index (χ4v) is 3.73. The van der Waals surface area contributed by atoms with E-state index in [2.05, 4.69) is 48.3 Å². The van der Waals surface area contributed by atoms with Gasteiger partial charge in [-0.15, -0.1) is 0 Å². The third-order valence-corrected chi connectivity index (χ3v) is 4.97. The Bertz CT molecular complexity index is 439. The zero-order chi connectivity index (χ0) is 13.9. The van der Waals surface area contributed by atoms with Crippen molar-refractivity contribution in [2.45, 2.75) is 51.6 Å². The molecule has 2 aliphatic carbocycles. The molecular formula is C18H28N2. The summed E-state index contributed by atoms with van der Waals surface area (Å²) < 4.78 is 0. The van der Waals surface area contributed by atoms with Crippen molar-refractivity contribution in [1.82, 2.24) is 10.2 Å². The summed E-state index contributed by atoms with van der Waals surface area (Å²) in [4.78, 5) is 2.74. The van der Waals surface area contributed by atoms with E-state index >= 15 is 0 Å². The molecule has 3 rings (SSSR count). The zero-order valence-corrected chi connectivity index (χ0v) is 12.9. The average molecular weight is 272 g/mol. The molecule has 2 aliphatic rings. The van der Waals surface area contributed by atoms with Gasteiger partial charge in [-0.05, 0) is 55.8 Å². The second-order valence-corrected chi connectivity index (χ2v) is 6.37. The van der Waals surface area contributed by atoms with Gasteiger partial charge in [-0.25, -0.2) is 0 Å². The molecule has 110 valence electrons. The Labute approximate surface area is 123 Å². The quantitative estimate of drug-likeness (QED) is 0.854. The summed E-state index contributed by atoms with van der Waals surface area (Å²) >= 11 is 0. The number of benzene rings is 1. The number of aryl methyl sites for hydroxylation is 1. The second-order valence-electron chi connectivity index (χ2n) is 6.37. The summed E-state index contributed by atoms with van der Waals surface area (Å²) in [6.45, 7) is 8.10. The van der Waals surface area contributed by atoms with Crippen LogP contribution in [-0.2, 0) is 6.42 Å². The molecule has 0 aromatic heterocycles. The molecule has 1 saturated carbocycles. The molecule has 1 aromatic carbocycles. The maximum absolute atomic E-state index is 3.76. The lowest BCUT2D eigenvalue weighted by atomic mass is 9.83. The maximum atomic E-state index is 3.76. The SMILES string of the molecule is CCNC1c2ccccc2CCC1N(CC)CC1CC1. The molecule has 0 aliphatic heterocycles. The van der Waals surface area contributed by atoms with E-state index in [9.17, 15) is 0 Å². The van der Waals surface area contributed by atoms with Crippen LogP contribution in [0.25, 0.3) is 0 Å². The summed E-state index contributed by atoms with van der Waals surface area (Å²) in [5, 5.41) is 3.76. The van der Waals surface area contributed by atoms with E-state index in [0.717, 1.165) is 12.5 Å². The first-order valence-electron chi connectivity index (χ1n) is 8.38. The summed E-state index contributed by atoms with van der Waals surface area (Å²) in [5.74, 6) is 0.981. The molecule has 1 aromatic rings. The van der Waals surface area contributed by atoms with Crippen LogP contribution in [0.3, 0.4) is 0 Å². The molecule has 2 unspecified atom stereocenters. The highest BCUT2D eigenvalue weighted by Crippen LogP contribution is 2.36. The molecule has 1 N–H and O–H groups in total. The second kappa shape index (κ2) is 6.28. The Balaban J connectivity index is 1.82. The Morgan fingerprint density at radius 3 is 2.65 bits per heavy atom. The minimum atomic E-state index is 0.517. The average Bonchev–Trinajstić information content (AvgIpc) is 3.30. The highest BCUT2D eigenvalue weighted by atomic mass is 15.2. The lowest BCUT2D eigenvalue weighted by molar-refractivity contribution is 0.141. The van der Waals surface area contributed by atoms with Crippen molar-refractivity contribution in [2.24, 2.45) is 5.92 Å². The number of fused-ring (bicyclic) bond motifs is 1.